The van der Waals surface area contributed by atoms with Gasteiger partial charge in [0.25, 0.3) is 0 Å². The highest BCUT2D eigenvalue weighted by atomic mass is 16.5. The van der Waals surface area contributed by atoms with Gasteiger partial charge in [0.15, 0.2) is 0 Å². The molecule has 1 saturated heterocycles. The van der Waals surface area contributed by atoms with Gasteiger partial charge in [-0.3, -0.25) is 19.7 Å². The number of carbonyl (C=O) groups excluding carboxylic acids is 2. The number of rotatable bonds is 9. The minimum Gasteiger partial charge on any atom is -0.383 e. The maximum atomic E-state index is 13.5. The summed E-state index contributed by atoms with van der Waals surface area (Å²) >= 11 is 0. The first kappa shape index (κ1) is 27.1. The maximum absolute atomic E-state index is 13.5. The van der Waals surface area contributed by atoms with E-state index in [2.05, 4.69) is 20.6 Å². The molecule has 11 nitrogen and oxygen atoms in total. The van der Waals surface area contributed by atoms with E-state index in [0.29, 0.717) is 31.1 Å². The summed E-state index contributed by atoms with van der Waals surface area (Å²) < 4.78 is 8.74. The zero-order chi connectivity index (χ0) is 28.2. The summed E-state index contributed by atoms with van der Waals surface area (Å²) in [6.07, 6.45) is 3.65. The van der Waals surface area contributed by atoms with E-state index in [4.69, 9.17) is 15.6 Å². The second-order valence-corrected chi connectivity index (χ2v) is 10.0. The third-order valence-corrected chi connectivity index (χ3v) is 7.26. The lowest BCUT2D eigenvalue weighted by Gasteiger charge is -2.21. The number of ether oxygens (including phenoxy) is 1. The summed E-state index contributed by atoms with van der Waals surface area (Å²) in [6.45, 7) is 4.60. The monoisotopic (exact) mass is 542 g/mol. The summed E-state index contributed by atoms with van der Waals surface area (Å²) in [5.74, 6) is 0.0597. The summed E-state index contributed by atoms with van der Waals surface area (Å²) in [7, 11) is 3.53. The van der Waals surface area contributed by atoms with E-state index in [1.165, 1.54) is 0 Å². The largest absolute Gasteiger partial charge is 0.383 e. The molecule has 1 aliphatic heterocycles. The standard InChI is InChI=1S/C29H34N8O3/c1-19-26(22-15-31-35(2)16-22)34-37(23-10-5-4-6-11-23)28(19)33-29(39)32-25-18-36(12-13-40-3)17-24(25)20-8-7-9-21(14-20)27(30)38/h4-11,14-16,24-25H,12-13,17-18H2,1-3H3,(H2,30,38)(H2,32,33,39)/t24-,25+/m0/s1. The third-order valence-electron chi connectivity index (χ3n) is 7.26. The number of hydrogen-bond acceptors (Lipinski definition) is 6. The number of benzene rings is 2. The Morgan fingerprint density at radius 3 is 2.62 bits per heavy atom. The first-order chi connectivity index (χ1) is 19.3. The van der Waals surface area contributed by atoms with Crippen molar-refractivity contribution in [3.63, 3.8) is 0 Å². The number of hydrogen-bond donors (Lipinski definition) is 3. The van der Waals surface area contributed by atoms with Gasteiger partial charge >= 0.3 is 6.03 Å². The predicted molar refractivity (Wildman–Crippen MR) is 152 cm³/mol. The molecular formula is C29H34N8O3. The molecule has 11 heteroatoms. The molecule has 4 aromatic rings. The van der Waals surface area contributed by atoms with Crippen molar-refractivity contribution in [3.8, 4) is 16.9 Å². The molecule has 2 aromatic heterocycles. The van der Waals surface area contributed by atoms with Gasteiger partial charge in [-0.2, -0.15) is 10.2 Å². The molecule has 0 radical (unpaired) electrons. The minimum atomic E-state index is -0.479. The van der Waals surface area contributed by atoms with Crippen LogP contribution >= 0.6 is 0 Å². The van der Waals surface area contributed by atoms with Crippen LogP contribution < -0.4 is 16.4 Å². The van der Waals surface area contributed by atoms with Crippen LogP contribution in [0.3, 0.4) is 0 Å². The number of anilines is 1. The van der Waals surface area contributed by atoms with Crippen LogP contribution in [0.1, 0.15) is 27.4 Å². The van der Waals surface area contributed by atoms with E-state index >= 15 is 0 Å². The van der Waals surface area contributed by atoms with Gasteiger partial charge in [0.1, 0.15) is 11.5 Å². The molecule has 1 fully saturated rings. The average molecular weight is 543 g/mol. The smallest absolute Gasteiger partial charge is 0.320 e. The predicted octanol–water partition coefficient (Wildman–Crippen LogP) is 2.92. The van der Waals surface area contributed by atoms with Crippen molar-refractivity contribution < 1.29 is 14.3 Å². The Morgan fingerprint density at radius 2 is 1.93 bits per heavy atom. The highest BCUT2D eigenvalue weighted by Crippen LogP contribution is 2.31. The van der Waals surface area contributed by atoms with E-state index in [1.807, 2.05) is 68.7 Å². The van der Waals surface area contributed by atoms with Gasteiger partial charge in [0.05, 0.1) is 24.5 Å². The Balaban J connectivity index is 1.42. The van der Waals surface area contributed by atoms with E-state index in [0.717, 1.165) is 34.6 Å². The van der Waals surface area contributed by atoms with Gasteiger partial charge in [-0.15, -0.1) is 0 Å². The second-order valence-electron chi connectivity index (χ2n) is 10.0. The fraction of sp³-hybridized carbons (Fsp3) is 0.310. The van der Waals surface area contributed by atoms with Crippen LogP contribution in [-0.4, -0.2) is 75.8 Å². The van der Waals surface area contributed by atoms with Gasteiger partial charge in [-0.25, -0.2) is 9.48 Å². The van der Waals surface area contributed by atoms with Crippen molar-refractivity contribution in [2.45, 2.75) is 18.9 Å². The van der Waals surface area contributed by atoms with Crippen molar-refractivity contribution in [2.75, 3.05) is 38.7 Å². The molecular weight excluding hydrogens is 508 g/mol. The number of aromatic nitrogens is 4. The number of likely N-dealkylation sites (tertiary alicyclic amines) is 1. The lowest BCUT2D eigenvalue weighted by Crippen LogP contribution is -2.42. The minimum absolute atomic E-state index is 0.0343. The Hall–Kier alpha value is -4.48. The number of nitrogens with one attached hydrogen (secondary N) is 2. The van der Waals surface area contributed by atoms with Crippen LogP contribution in [0.5, 0.6) is 0 Å². The zero-order valence-corrected chi connectivity index (χ0v) is 22.9. The number of amides is 3. The van der Waals surface area contributed by atoms with Crippen molar-refractivity contribution in [1.29, 1.82) is 0 Å². The van der Waals surface area contributed by atoms with Crippen molar-refractivity contribution in [2.24, 2.45) is 12.8 Å². The number of urea groups is 1. The van der Waals surface area contributed by atoms with Gasteiger partial charge in [-0.1, -0.05) is 30.3 Å². The fourth-order valence-corrected chi connectivity index (χ4v) is 5.22. The van der Waals surface area contributed by atoms with Crippen LogP contribution in [0.15, 0.2) is 67.0 Å². The van der Waals surface area contributed by atoms with Crippen LogP contribution in [0.25, 0.3) is 16.9 Å². The van der Waals surface area contributed by atoms with Crippen molar-refractivity contribution >= 4 is 17.8 Å². The highest BCUT2D eigenvalue weighted by Gasteiger charge is 2.35. The van der Waals surface area contributed by atoms with Crippen LogP contribution in [0.4, 0.5) is 10.6 Å². The first-order valence-electron chi connectivity index (χ1n) is 13.2. The number of primary amides is 1. The summed E-state index contributed by atoms with van der Waals surface area (Å²) in [4.78, 5) is 27.6. The molecule has 0 spiro atoms. The SMILES string of the molecule is COCCN1C[C@@H](NC(=O)Nc2c(C)c(-c3cnn(C)c3)nn2-c2ccccc2)[C@H](c2cccc(C(N)=O)c2)C1. The van der Waals surface area contributed by atoms with E-state index < -0.39 is 5.91 Å². The molecule has 0 saturated carbocycles. The van der Waals surface area contributed by atoms with Crippen LogP contribution in [0.2, 0.25) is 0 Å². The molecule has 208 valence electrons. The molecule has 0 aliphatic carbocycles. The van der Waals surface area contributed by atoms with Gasteiger partial charge in [0, 0.05) is 62.6 Å². The van der Waals surface area contributed by atoms with E-state index in [9.17, 15) is 9.59 Å². The molecule has 0 unspecified atom stereocenters. The normalized spacial score (nSPS) is 17.2. The first-order valence-corrected chi connectivity index (χ1v) is 13.2. The summed E-state index contributed by atoms with van der Waals surface area (Å²) in [5, 5.41) is 15.4. The number of para-hydroxylation sites is 1. The number of methoxy groups -OCH3 is 1. The summed E-state index contributed by atoms with van der Waals surface area (Å²) in [6, 6.07) is 16.4. The Kier molecular flexibility index (Phi) is 7.94. The average Bonchev–Trinajstić information content (AvgIpc) is 3.65. The van der Waals surface area contributed by atoms with Gasteiger partial charge in [-0.05, 0) is 36.8 Å². The molecule has 2 aromatic carbocycles. The van der Waals surface area contributed by atoms with Crippen molar-refractivity contribution in [1.82, 2.24) is 29.8 Å². The molecule has 2 atom stereocenters. The van der Waals surface area contributed by atoms with Crippen molar-refractivity contribution in [3.05, 3.63) is 83.7 Å². The quantitative estimate of drug-likeness (QED) is 0.298. The molecule has 3 amide bonds. The molecule has 5 rings (SSSR count). The van der Waals surface area contributed by atoms with Gasteiger partial charge < -0.3 is 15.8 Å². The summed E-state index contributed by atoms with van der Waals surface area (Å²) in [5.41, 5.74) is 10.2. The molecule has 1 aliphatic rings. The molecule has 3 heterocycles. The Labute approximate surface area is 232 Å². The molecule has 4 N–H and O–H groups in total. The van der Waals surface area contributed by atoms with E-state index in [-0.39, 0.29) is 18.0 Å². The zero-order valence-electron chi connectivity index (χ0n) is 22.9. The fourth-order valence-electron chi connectivity index (χ4n) is 5.22. The number of nitrogens with zero attached hydrogens (tertiary/aromatic N) is 5. The second kappa shape index (κ2) is 11.7. The van der Waals surface area contributed by atoms with Crippen LogP contribution in [-0.2, 0) is 11.8 Å². The Morgan fingerprint density at radius 1 is 1.12 bits per heavy atom. The Bertz CT molecular complexity index is 1500. The topological polar surface area (TPSA) is 132 Å². The number of carbonyl (C=O) groups is 2. The lowest BCUT2D eigenvalue weighted by atomic mass is 9.93. The molecule has 0 bridgehead atoms. The number of aryl methyl sites for hydroxylation is 1. The third kappa shape index (κ3) is 5.75. The van der Waals surface area contributed by atoms with E-state index in [1.54, 1.807) is 28.7 Å². The lowest BCUT2D eigenvalue weighted by molar-refractivity contribution is 0.1000. The highest BCUT2D eigenvalue weighted by molar-refractivity contribution is 5.93. The van der Waals surface area contributed by atoms with Crippen LogP contribution in [0, 0.1) is 6.92 Å². The molecule has 40 heavy (non-hydrogen) atoms. The maximum Gasteiger partial charge on any atom is 0.320 e. The number of nitrogens with two attached hydrogens (primary N) is 1. The van der Waals surface area contributed by atoms with Gasteiger partial charge in [0.2, 0.25) is 5.91 Å².